The number of ether oxygens (including phenoxy) is 2. The molecule has 0 saturated carbocycles. The Morgan fingerprint density at radius 2 is 1.67 bits per heavy atom. The minimum Gasteiger partial charge on any atom is -0.493 e. The lowest BCUT2D eigenvalue weighted by Crippen LogP contribution is -2.04. The molecule has 0 N–H and O–H groups in total. The van der Waals surface area contributed by atoms with Gasteiger partial charge in [0.15, 0.2) is 17.3 Å². The summed E-state index contributed by atoms with van der Waals surface area (Å²) in [6, 6.07) is 10.2. The van der Waals surface area contributed by atoms with Crippen LogP contribution < -0.4 is 9.47 Å². The lowest BCUT2D eigenvalue weighted by atomic mass is 10.0. The summed E-state index contributed by atoms with van der Waals surface area (Å²) in [4.78, 5) is 12.3. The van der Waals surface area contributed by atoms with Gasteiger partial charge in [0.05, 0.1) is 24.3 Å². The third-order valence-corrected chi connectivity index (χ3v) is 3.79. The van der Waals surface area contributed by atoms with Gasteiger partial charge in [0.2, 0.25) is 0 Å². The fourth-order valence-corrected chi connectivity index (χ4v) is 2.25. The van der Waals surface area contributed by atoms with E-state index in [1.165, 1.54) is 0 Å². The largest absolute Gasteiger partial charge is 0.493 e. The summed E-state index contributed by atoms with van der Waals surface area (Å²) >= 11 is 11.8. The van der Waals surface area contributed by atoms with Crippen molar-refractivity contribution in [1.29, 1.82) is 0 Å². The van der Waals surface area contributed by atoms with E-state index in [9.17, 15) is 4.79 Å². The average Bonchev–Trinajstić information content (AvgIpc) is 2.49. The van der Waals surface area contributed by atoms with Gasteiger partial charge in [0, 0.05) is 12.0 Å². The van der Waals surface area contributed by atoms with Crippen LogP contribution in [0.4, 0.5) is 0 Å². The Hall–Kier alpha value is -1.71. The van der Waals surface area contributed by atoms with Gasteiger partial charge in [-0.2, -0.15) is 0 Å². The van der Waals surface area contributed by atoms with Gasteiger partial charge in [-0.25, -0.2) is 0 Å². The number of Topliss-reactive ketones (excluding diaryl/α,β-unsaturated/α-hetero) is 1. The number of benzene rings is 2. The quantitative estimate of drug-likeness (QED) is 0.763. The van der Waals surface area contributed by atoms with Crippen LogP contribution in [0.1, 0.15) is 15.9 Å². The molecule has 0 spiro atoms. The van der Waals surface area contributed by atoms with Gasteiger partial charge in [-0.1, -0.05) is 29.3 Å². The highest BCUT2D eigenvalue weighted by Gasteiger charge is 2.11. The molecule has 2 aromatic rings. The number of halogens is 2. The summed E-state index contributed by atoms with van der Waals surface area (Å²) in [5, 5.41) is 0.800. The van der Waals surface area contributed by atoms with Gasteiger partial charge >= 0.3 is 0 Å². The molecular weight excluding hydrogens is 311 g/mol. The maximum atomic E-state index is 12.3. The molecule has 21 heavy (non-hydrogen) atoms. The van der Waals surface area contributed by atoms with E-state index in [-0.39, 0.29) is 12.2 Å². The predicted octanol–water partition coefficient (Wildman–Crippen LogP) is 4.44. The van der Waals surface area contributed by atoms with Crippen LogP contribution >= 0.6 is 23.2 Å². The highest BCUT2D eigenvalue weighted by atomic mass is 35.5. The van der Waals surface area contributed by atoms with E-state index in [0.29, 0.717) is 27.1 Å². The fourth-order valence-electron chi connectivity index (χ4n) is 1.95. The highest BCUT2D eigenvalue weighted by molar-refractivity contribution is 6.42. The van der Waals surface area contributed by atoms with E-state index in [1.807, 2.05) is 6.07 Å². The van der Waals surface area contributed by atoms with Crippen LogP contribution in [-0.2, 0) is 6.42 Å². The monoisotopic (exact) mass is 324 g/mol. The Morgan fingerprint density at radius 3 is 2.29 bits per heavy atom. The lowest BCUT2D eigenvalue weighted by Gasteiger charge is -2.09. The maximum absolute atomic E-state index is 12.3. The molecule has 2 aromatic carbocycles. The molecule has 0 fully saturated rings. The average molecular weight is 325 g/mol. The fraction of sp³-hybridized carbons (Fsp3) is 0.188. The molecule has 0 aliphatic rings. The van der Waals surface area contributed by atoms with Crippen LogP contribution in [0.2, 0.25) is 10.0 Å². The smallest absolute Gasteiger partial charge is 0.167 e. The van der Waals surface area contributed by atoms with Crippen molar-refractivity contribution in [1.82, 2.24) is 0 Å². The zero-order valence-electron chi connectivity index (χ0n) is 11.7. The third-order valence-electron chi connectivity index (χ3n) is 3.05. The number of ketones is 1. The van der Waals surface area contributed by atoms with Gasteiger partial charge in [-0.3, -0.25) is 4.79 Å². The zero-order valence-corrected chi connectivity index (χ0v) is 13.2. The summed E-state index contributed by atoms with van der Waals surface area (Å²) in [6.45, 7) is 0. The van der Waals surface area contributed by atoms with Crippen LogP contribution in [0.25, 0.3) is 0 Å². The summed E-state index contributed by atoms with van der Waals surface area (Å²) in [6.07, 6.45) is 0.248. The van der Waals surface area contributed by atoms with Crippen LogP contribution in [-0.4, -0.2) is 20.0 Å². The van der Waals surface area contributed by atoms with E-state index in [4.69, 9.17) is 32.7 Å². The summed E-state index contributed by atoms with van der Waals surface area (Å²) in [7, 11) is 3.13. The maximum Gasteiger partial charge on any atom is 0.167 e. The second-order valence-corrected chi connectivity index (χ2v) is 5.23. The first-order valence-electron chi connectivity index (χ1n) is 6.24. The Kier molecular flexibility index (Phi) is 5.10. The topological polar surface area (TPSA) is 35.5 Å². The molecule has 0 atom stereocenters. The molecule has 0 bridgehead atoms. The first-order chi connectivity index (χ1) is 10.0. The van der Waals surface area contributed by atoms with Crippen LogP contribution in [0, 0.1) is 0 Å². The number of rotatable bonds is 5. The number of hydrogen-bond acceptors (Lipinski definition) is 3. The van der Waals surface area contributed by atoms with Crippen LogP contribution in [0.5, 0.6) is 11.5 Å². The lowest BCUT2D eigenvalue weighted by molar-refractivity contribution is 0.0993. The van der Waals surface area contributed by atoms with Gasteiger partial charge in [-0.05, 0) is 35.9 Å². The zero-order chi connectivity index (χ0) is 15.4. The van der Waals surface area contributed by atoms with E-state index in [1.54, 1.807) is 44.6 Å². The summed E-state index contributed by atoms with van der Waals surface area (Å²) < 4.78 is 10.4. The molecule has 0 amide bonds. The van der Waals surface area contributed by atoms with Crippen molar-refractivity contribution in [3.8, 4) is 11.5 Å². The molecule has 0 aliphatic carbocycles. The number of methoxy groups -OCH3 is 2. The number of carbonyl (C=O) groups is 1. The number of carbonyl (C=O) groups excluding carboxylic acids is 1. The van der Waals surface area contributed by atoms with E-state index < -0.39 is 0 Å². The standard InChI is InChI=1S/C16H14Cl2O3/c1-20-15-6-3-10(8-16(15)21-2)7-14(19)11-4-5-12(17)13(18)9-11/h3-6,8-9H,7H2,1-2H3. The Balaban J connectivity index is 2.21. The minimum absolute atomic E-state index is 0.0409. The first kappa shape index (κ1) is 15.7. The van der Waals surface area contributed by atoms with Gasteiger partial charge < -0.3 is 9.47 Å². The Morgan fingerprint density at radius 1 is 0.952 bits per heavy atom. The van der Waals surface area contributed by atoms with Gasteiger partial charge in [0.25, 0.3) is 0 Å². The van der Waals surface area contributed by atoms with Crippen molar-refractivity contribution in [3.63, 3.8) is 0 Å². The molecule has 0 saturated heterocycles. The first-order valence-corrected chi connectivity index (χ1v) is 7.00. The Bertz CT molecular complexity index is 669. The molecule has 3 nitrogen and oxygen atoms in total. The molecular formula is C16H14Cl2O3. The van der Waals surface area contributed by atoms with Gasteiger partial charge in [0.1, 0.15) is 0 Å². The van der Waals surface area contributed by atoms with E-state index in [2.05, 4.69) is 0 Å². The van der Waals surface area contributed by atoms with Crippen molar-refractivity contribution in [2.45, 2.75) is 6.42 Å². The molecule has 0 aromatic heterocycles. The molecule has 2 rings (SSSR count). The normalized spacial score (nSPS) is 10.3. The van der Waals surface area contributed by atoms with E-state index >= 15 is 0 Å². The van der Waals surface area contributed by atoms with Gasteiger partial charge in [-0.15, -0.1) is 0 Å². The molecule has 0 aliphatic heterocycles. The molecule has 0 heterocycles. The van der Waals surface area contributed by atoms with E-state index in [0.717, 1.165) is 5.56 Å². The van der Waals surface area contributed by atoms with Crippen molar-refractivity contribution in [2.24, 2.45) is 0 Å². The molecule has 110 valence electrons. The second-order valence-electron chi connectivity index (χ2n) is 4.42. The molecule has 0 unspecified atom stereocenters. The van der Waals surface area contributed by atoms with Crippen molar-refractivity contribution in [3.05, 3.63) is 57.6 Å². The predicted molar refractivity (Wildman–Crippen MR) is 84.0 cm³/mol. The SMILES string of the molecule is COc1ccc(CC(=O)c2ccc(Cl)c(Cl)c2)cc1OC. The highest BCUT2D eigenvalue weighted by Crippen LogP contribution is 2.28. The van der Waals surface area contributed by atoms with Crippen molar-refractivity contribution in [2.75, 3.05) is 14.2 Å². The second kappa shape index (κ2) is 6.83. The van der Waals surface area contributed by atoms with Crippen molar-refractivity contribution >= 4 is 29.0 Å². The summed E-state index contributed by atoms with van der Waals surface area (Å²) in [5.41, 5.74) is 1.36. The summed E-state index contributed by atoms with van der Waals surface area (Å²) in [5.74, 6) is 1.18. The van der Waals surface area contributed by atoms with Crippen LogP contribution in [0.15, 0.2) is 36.4 Å². The van der Waals surface area contributed by atoms with Crippen LogP contribution in [0.3, 0.4) is 0 Å². The molecule has 0 radical (unpaired) electrons. The third kappa shape index (κ3) is 3.69. The number of hydrogen-bond donors (Lipinski definition) is 0. The Labute approximate surface area is 133 Å². The van der Waals surface area contributed by atoms with Crippen molar-refractivity contribution < 1.29 is 14.3 Å². The molecule has 5 heteroatoms. The minimum atomic E-state index is -0.0409.